The largest absolute Gasteiger partial charge is 0.496 e. The lowest BCUT2D eigenvalue weighted by molar-refractivity contribution is -0.116. The van der Waals surface area contributed by atoms with Crippen LogP contribution >= 0.6 is 0 Å². The molecule has 0 fully saturated rings. The second-order valence-corrected chi connectivity index (χ2v) is 9.54. The molecule has 1 aromatic rings. The summed E-state index contributed by atoms with van der Waals surface area (Å²) < 4.78 is 5.47. The number of benzene rings is 1. The van der Waals surface area contributed by atoms with Gasteiger partial charge in [0, 0.05) is 12.6 Å². The molecule has 0 aliphatic rings. The Labute approximate surface area is 225 Å². The van der Waals surface area contributed by atoms with E-state index in [1.807, 2.05) is 19.1 Å². The third-order valence-corrected chi connectivity index (χ3v) is 6.26. The molecule has 0 saturated heterocycles. The van der Waals surface area contributed by atoms with Gasteiger partial charge in [-0.3, -0.25) is 4.79 Å². The van der Waals surface area contributed by atoms with Gasteiger partial charge in [0.1, 0.15) is 5.75 Å². The number of carbonyl (C=O) groups excluding carboxylic acids is 1. The summed E-state index contributed by atoms with van der Waals surface area (Å²) in [5.74, 6) is 0.881. The van der Waals surface area contributed by atoms with Gasteiger partial charge in [0.05, 0.1) is 7.11 Å². The molecule has 1 amide bonds. The Morgan fingerprint density at radius 3 is 2.19 bits per heavy atom. The number of hydrogen-bond acceptors (Lipinski definition) is 5. The van der Waals surface area contributed by atoms with Gasteiger partial charge < -0.3 is 26.4 Å². The third kappa shape index (κ3) is 14.0. The van der Waals surface area contributed by atoms with Gasteiger partial charge in [0.15, 0.2) is 0 Å². The van der Waals surface area contributed by atoms with E-state index in [0.29, 0.717) is 6.54 Å². The highest BCUT2D eigenvalue weighted by Gasteiger charge is 2.08. The number of unbranched alkanes of at least 4 members (excludes halogenated alkanes) is 1. The Hall–Kier alpha value is -2.67. The highest BCUT2D eigenvalue weighted by atomic mass is 16.5. The zero-order valence-electron chi connectivity index (χ0n) is 24.0. The van der Waals surface area contributed by atoms with E-state index >= 15 is 0 Å². The van der Waals surface area contributed by atoms with E-state index in [1.54, 1.807) is 13.2 Å². The topological polar surface area (TPSA) is 88.4 Å². The van der Waals surface area contributed by atoms with E-state index < -0.39 is 0 Å². The van der Waals surface area contributed by atoms with Gasteiger partial charge >= 0.3 is 0 Å². The minimum Gasteiger partial charge on any atom is -0.496 e. The summed E-state index contributed by atoms with van der Waals surface area (Å²) in [4.78, 5) is 12.1. The predicted molar refractivity (Wildman–Crippen MR) is 159 cm³/mol. The average Bonchev–Trinajstić information content (AvgIpc) is 2.86. The standard InChI is InChI=1S/C31H50N4O2/c1-24(14-15-29-26(3)23-30(37-6)28(5)27(29)4)12-9-13-25(2)22-31(36)35-21-11-20-34-18-8-7-17-33-19-10-16-32/h9,12-15,22-23,33-34H,7-8,10-11,16-21,32H2,1-6H3,(H,35,36)/b13-9+,15-14+,24-12+,25-22+. The van der Waals surface area contributed by atoms with Crippen molar-refractivity contribution in [1.29, 1.82) is 0 Å². The lowest BCUT2D eigenvalue weighted by Crippen LogP contribution is -2.26. The van der Waals surface area contributed by atoms with Crippen molar-refractivity contribution in [3.8, 4) is 5.75 Å². The van der Waals surface area contributed by atoms with Crippen LogP contribution in [0.25, 0.3) is 6.08 Å². The minimum atomic E-state index is -0.0490. The minimum absolute atomic E-state index is 0.0490. The summed E-state index contributed by atoms with van der Waals surface area (Å²) in [6, 6.07) is 2.09. The maximum atomic E-state index is 12.1. The fourth-order valence-electron chi connectivity index (χ4n) is 3.86. The number of hydrogen-bond donors (Lipinski definition) is 4. The number of nitrogens with two attached hydrogens (primary N) is 1. The van der Waals surface area contributed by atoms with E-state index in [9.17, 15) is 4.79 Å². The van der Waals surface area contributed by atoms with Crippen LogP contribution < -0.4 is 26.4 Å². The van der Waals surface area contributed by atoms with E-state index in [4.69, 9.17) is 10.5 Å². The highest BCUT2D eigenvalue weighted by molar-refractivity contribution is 5.88. The number of ether oxygens (including phenoxy) is 1. The van der Waals surface area contributed by atoms with Crippen LogP contribution in [0.5, 0.6) is 5.75 Å². The van der Waals surface area contributed by atoms with Gasteiger partial charge in [-0.25, -0.2) is 0 Å². The zero-order valence-corrected chi connectivity index (χ0v) is 24.0. The van der Waals surface area contributed by atoms with Gasteiger partial charge in [0.25, 0.3) is 0 Å². The number of carbonyl (C=O) groups is 1. The molecule has 0 saturated carbocycles. The Balaban J connectivity index is 2.33. The highest BCUT2D eigenvalue weighted by Crippen LogP contribution is 2.28. The van der Waals surface area contributed by atoms with Crippen LogP contribution in [0.3, 0.4) is 0 Å². The van der Waals surface area contributed by atoms with E-state index in [0.717, 1.165) is 68.9 Å². The molecule has 0 heterocycles. The Bertz CT molecular complexity index is 945. The van der Waals surface area contributed by atoms with Crippen molar-refractivity contribution >= 4 is 12.0 Å². The molecule has 0 aliphatic carbocycles. The SMILES string of the molecule is COc1cc(C)c(/C=C/C(C)=C/C=C/C(C)=C/C(=O)NCCCNCCCCNCCCN)c(C)c1C. The van der Waals surface area contributed by atoms with E-state index in [1.165, 1.54) is 28.7 Å². The van der Waals surface area contributed by atoms with Crippen LogP contribution in [0.4, 0.5) is 0 Å². The molecule has 6 nitrogen and oxygen atoms in total. The number of aryl methyl sites for hydroxylation is 1. The Morgan fingerprint density at radius 2 is 1.54 bits per heavy atom. The quantitative estimate of drug-likeness (QED) is 0.128. The first-order valence-electron chi connectivity index (χ1n) is 13.6. The lowest BCUT2D eigenvalue weighted by atomic mass is 9.96. The van der Waals surface area contributed by atoms with E-state index in [2.05, 4.69) is 67.9 Å². The first-order chi connectivity index (χ1) is 17.8. The molecule has 0 unspecified atom stereocenters. The summed E-state index contributed by atoms with van der Waals surface area (Å²) in [6.07, 6.45) is 16.2. The van der Waals surface area contributed by atoms with Crippen molar-refractivity contribution in [3.63, 3.8) is 0 Å². The monoisotopic (exact) mass is 510 g/mol. The number of amides is 1. The third-order valence-electron chi connectivity index (χ3n) is 6.26. The van der Waals surface area contributed by atoms with Crippen LogP contribution in [0.1, 0.15) is 61.8 Å². The molecule has 5 N–H and O–H groups in total. The van der Waals surface area contributed by atoms with Crippen molar-refractivity contribution < 1.29 is 9.53 Å². The number of rotatable bonds is 18. The molecular weight excluding hydrogens is 460 g/mol. The van der Waals surface area contributed by atoms with Crippen LogP contribution in [-0.4, -0.2) is 52.3 Å². The number of allylic oxidation sites excluding steroid dienone is 6. The molecular formula is C31H50N4O2. The molecule has 0 aromatic heterocycles. The second-order valence-electron chi connectivity index (χ2n) is 9.54. The normalized spacial score (nSPS) is 12.6. The van der Waals surface area contributed by atoms with Gasteiger partial charge in [-0.2, -0.15) is 0 Å². The molecule has 37 heavy (non-hydrogen) atoms. The van der Waals surface area contributed by atoms with Crippen molar-refractivity contribution in [2.24, 2.45) is 5.73 Å². The predicted octanol–water partition coefficient (Wildman–Crippen LogP) is 4.90. The van der Waals surface area contributed by atoms with Crippen LogP contribution in [0, 0.1) is 20.8 Å². The summed E-state index contributed by atoms with van der Waals surface area (Å²) in [6.45, 7) is 15.7. The van der Waals surface area contributed by atoms with Crippen molar-refractivity contribution in [1.82, 2.24) is 16.0 Å². The van der Waals surface area contributed by atoms with Gasteiger partial charge in [-0.05, 0) is 127 Å². The Morgan fingerprint density at radius 1 is 0.892 bits per heavy atom. The molecule has 0 aliphatic heterocycles. The van der Waals surface area contributed by atoms with Crippen LogP contribution in [0.2, 0.25) is 0 Å². The van der Waals surface area contributed by atoms with Crippen molar-refractivity contribution in [2.45, 2.75) is 60.3 Å². The van der Waals surface area contributed by atoms with E-state index in [-0.39, 0.29) is 5.91 Å². The molecule has 0 atom stereocenters. The fourth-order valence-corrected chi connectivity index (χ4v) is 3.86. The maximum Gasteiger partial charge on any atom is 0.244 e. The number of methoxy groups -OCH3 is 1. The van der Waals surface area contributed by atoms with Gasteiger partial charge in [-0.1, -0.05) is 36.0 Å². The molecule has 0 radical (unpaired) electrons. The first kappa shape index (κ1) is 32.4. The van der Waals surface area contributed by atoms with Gasteiger partial charge in [0.2, 0.25) is 5.91 Å². The smallest absolute Gasteiger partial charge is 0.244 e. The maximum absolute atomic E-state index is 12.1. The summed E-state index contributed by atoms with van der Waals surface area (Å²) in [5.41, 5.74) is 12.4. The molecule has 6 heteroatoms. The molecule has 206 valence electrons. The Kier molecular flexibility index (Phi) is 17.0. The molecule has 0 bridgehead atoms. The summed E-state index contributed by atoms with van der Waals surface area (Å²) in [5, 5.41) is 9.78. The van der Waals surface area contributed by atoms with Crippen molar-refractivity contribution in [3.05, 3.63) is 69.8 Å². The molecule has 1 rings (SSSR count). The van der Waals surface area contributed by atoms with Crippen molar-refractivity contribution in [2.75, 3.05) is 46.4 Å². The fraction of sp³-hybridized carbons (Fsp3) is 0.516. The van der Waals surface area contributed by atoms with Crippen LogP contribution in [0.15, 0.2) is 47.6 Å². The van der Waals surface area contributed by atoms with Gasteiger partial charge in [-0.15, -0.1) is 0 Å². The zero-order chi connectivity index (χ0) is 27.5. The molecule has 0 spiro atoms. The van der Waals surface area contributed by atoms with Crippen LogP contribution in [-0.2, 0) is 4.79 Å². The summed E-state index contributed by atoms with van der Waals surface area (Å²) >= 11 is 0. The number of nitrogens with one attached hydrogen (secondary N) is 3. The second kappa shape index (κ2) is 19.4. The first-order valence-corrected chi connectivity index (χ1v) is 13.6. The summed E-state index contributed by atoms with van der Waals surface area (Å²) in [7, 11) is 1.71. The molecule has 1 aromatic carbocycles. The average molecular weight is 511 g/mol. The lowest BCUT2D eigenvalue weighted by Gasteiger charge is -2.13.